The van der Waals surface area contributed by atoms with Crippen LogP contribution >= 0.6 is 0 Å². The molecule has 1 heterocycles. The Balaban J connectivity index is 2.34. The Labute approximate surface area is 88.8 Å². The molecular weight excluding hydrogens is 194 g/mol. The molecule has 1 atom stereocenters. The van der Waals surface area contributed by atoms with Gasteiger partial charge >= 0.3 is 0 Å². The first-order valence-electron chi connectivity index (χ1n) is 5.28. The lowest BCUT2D eigenvalue weighted by molar-refractivity contribution is -0.121. The fourth-order valence-corrected chi connectivity index (χ4v) is 1.41. The molecule has 6 nitrogen and oxygen atoms in total. The number of nitrogens with one attached hydrogen (secondary N) is 2. The van der Waals surface area contributed by atoms with E-state index < -0.39 is 0 Å². The zero-order chi connectivity index (χ0) is 11.1. The molecule has 15 heavy (non-hydrogen) atoms. The second kappa shape index (κ2) is 6.10. The number of carbonyl (C=O) groups excluding carboxylic acids is 1. The number of rotatable bonds is 6. The van der Waals surface area contributed by atoms with Crippen LogP contribution < -0.4 is 5.32 Å². The number of nitrogens with zero attached hydrogens (tertiary/aromatic N) is 3. The van der Waals surface area contributed by atoms with E-state index in [0.717, 1.165) is 19.3 Å². The van der Waals surface area contributed by atoms with Crippen LogP contribution in [0.4, 0.5) is 0 Å². The highest BCUT2D eigenvalue weighted by Crippen LogP contribution is 2.01. The van der Waals surface area contributed by atoms with E-state index in [1.54, 1.807) is 0 Å². The summed E-state index contributed by atoms with van der Waals surface area (Å²) in [6.45, 7) is 4.17. The zero-order valence-electron chi connectivity index (χ0n) is 9.16. The summed E-state index contributed by atoms with van der Waals surface area (Å²) in [6, 6.07) is 0.262. The molecule has 0 aliphatic carbocycles. The molecule has 1 aromatic heterocycles. The number of H-pyrrole nitrogens is 1. The Morgan fingerprint density at radius 3 is 2.87 bits per heavy atom. The van der Waals surface area contributed by atoms with Crippen molar-refractivity contribution in [1.29, 1.82) is 0 Å². The summed E-state index contributed by atoms with van der Waals surface area (Å²) in [5.41, 5.74) is 0. The van der Waals surface area contributed by atoms with E-state index in [1.807, 2.05) is 0 Å². The van der Waals surface area contributed by atoms with Crippen LogP contribution in [-0.2, 0) is 11.2 Å². The van der Waals surface area contributed by atoms with Gasteiger partial charge in [0.25, 0.3) is 0 Å². The van der Waals surface area contributed by atoms with Crippen molar-refractivity contribution < 1.29 is 4.79 Å². The molecule has 0 saturated heterocycles. The lowest BCUT2D eigenvalue weighted by Crippen LogP contribution is -2.35. The van der Waals surface area contributed by atoms with Gasteiger partial charge in [-0.1, -0.05) is 20.3 Å². The molecule has 84 valence electrons. The molecule has 0 bridgehead atoms. The monoisotopic (exact) mass is 211 g/mol. The first-order chi connectivity index (χ1) is 7.26. The Bertz CT molecular complexity index is 285. The summed E-state index contributed by atoms with van der Waals surface area (Å²) in [4.78, 5) is 11.5. The maximum absolute atomic E-state index is 11.5. The number of hydrogen-bond acceptors (Lipinski definition) is 4. The minimum atomic E-state index is -0.0335. The van der Waals surface area contributed by atoms with E-state index in [0.29, 0.717) is 5.82 Å². The van der Waals surface area contributed by atoms with E-state index in [9.17, 15) is 4.79 Å². The number of aromatic nitrogens is 4. The second-order valence-electron chi connectivity index (χ2n) is 3.49. The molecule has 2 N–H and O–H groups in total. The van der Waals surface area contributed by atoms with Gasteiger partial charge in [-0.2, -0.15) is 0 Å². The number of amides is 1. The molecule has 0 fully saturated rings. The minimum absolute atomic E-state index is 0.0335. The fourth-order valence-electron chi connectivity index (χ4n) is 1.41. The number of hydrogen-bond donors (Lipinski definition) is 2. The van der Waals surface area contributed by atoms with Gasteiger partial charge in [0.05, 0.1) is 6.42 Å². The zero-order valence-corrected chi connectivity index (χ0v) is 9.16. The highest BCUT2D eigenvalue weighted by Gasteiger charge is 2.11. The van der Waals surface area contributed by atoms with Crippen molar-refractivity contribution in [3.8, 4) is 0 Å². The molecule has 6 heteroatoms. The Hall–Kier alpha value is -1.46. The van der Waals surface area contributed by atoms with Gasteiger partial charge in [0, 0.05) is 6.04 Å². The van der Waals surface area contributed by atoms with Crippen LogP contribution in [0.1, 0.15) is 38.9 Å². The molecule has 0 saturated carbocycles. The maximum atomic E-state index is 11.5. The molecule has 1 amide bonds. The van der Waals surface area contributed by atoms with Gasteiger partial charge in [0.1, 0.15) is 0 Å². The molecule has 1 unspecified atom stereocenters. The Morgan fingerprint density at radius 2 is 2.33 bits per heavy atom. The second-order valence-corrected chi connectivity index (χ2v) is 3.49. The predicted molar refractivity (Wildman–Crippen MR) is 55.0 cm³/mol. The topological polar surface area (TPSA) is 83.6 Å². The number of aromatic amines is 1. The third-order valence-corrected chi connectivity index (χ3v) is 2.21. The van der Waals surface area contributed by atoms with Gasteiger partial charge in [-0.3, -0.25) is 4.79 Å². The number of tetrazole rings is 1. The Kier molecular flexibility index (Phi) is 4.73. The van der Waals surface area contributed by atoms with Crippen molar-refractivity contribution in [3.63, 3.8) is 0 Å². The van der Waals surface area contributed by atoms with Gasteiger partial charge in [-0.05, 0) is 23.3 Å². The fraction of sp³-hybridized carbons (Fsp3) is 0.778. The quantitative estimate of drug-likeness (QED) is 0.715. The summed E-state index contributed by atoms with van der Waals surface area (Å²) < 4.78 is 0. The predicted octanol–water partition coefficient (Wildman–Crippen LogP) is 0.437. The normalized spacial score (nSPS) is 12.4. The highest BCUT2D eigenvalue weighted by atomic mass is 16.1. The van der Waals surface area contributed by atoms with E-state index in [2.05, 4.69) is 39.8 Å². The van der Waals surface area contributed by atoms with Crippen molar-refractivity contribution in [2.24, 2.45) is 0 Å². The van der Waals surface area contributed by atoms with Crippen molar-refractivity contribution in [1.82, 2.24) is 25.9 Å². The van der Waals surface area contributed by atoms with Gasteiger partial charge in [0.2, 0.25) is 5.91 Å². The van der Waals surface area contributed by atoms with Gasteiger partial charge in [-0.25, -0.2) is 5.10 Å². The minimum Gasteiger partial charge on any atom is -0.353 e. The maximum Gasteiger partial charge on any atom is 0.227 e. The standard InChI is InChI=1S/C9H17N5O/c1-3-5-7(4-2)10-9(15)6-8-11-13-14-12-8/h7H,3-6H2,1-2H3,(H,10,15)(H,11,12,13,14). The van der Waals surface area contributed by atoms with E-state index in [-0.39, 0.29) is 18.4 Å². The summed E-state index contributed by atoms with van der Waals surface area (Å²) in [5, 5.41) is 16.0. The molecule has 1 aromatic rings. The van der Waals surface area contributed by atoms with Gasteiger partial charge in [-0.15, -0.1) is 5.10 Å². The SMILES string of the molecule is CCCC(CC)NC(=O)Cc1nnn[nH]1. The van der Waals surface area contributed by atoms with Crippen LogP contribution in [0.5, 0.6) is 0 Å². The van der Waals surface area contributed by atoms with E-state index in [1.165, 1.54) is 0 Å². The van der Waals surface area contributed by atoms with Crippen LogP contribution in [0.25, 0.3) is 0 Å². The van der Waals surface area contributed by atoms with Crippen LogP contribution in [0.2, 0.25) is 0 Å². The molecule has 0 radical (unpaired) electrons. The highest BCUT2D eigenvalue weighted by molar-refractivity contribution is 5.77. The van der Waals surface area contributed by atoms with Crippen LogP contribution in [0, 0.1) is 0 Å². The molecule has 0 spiro atoms. The Morgan fingerprint density at radius 1 is 1.53 bits per heavy atom. The van der Waals surface area contributed by atoms with Crippen molar-refractivity contribution in [3.05, 3.63) is 5.82 Å². The molecule has 0 aliphatic heterocycles. The summed E-state index contributed by atoms with van der Waals surface area (Å²) in [5.74, 6) is 0.465. The van der Waals surface area contributed by atoms with Gasteiger partial charge in [0.15, 0.2) is 5.82 Å². The van der Waals surface area contributed by atoms with Crippen LogP contribution in [0.3, 0.4) is 0 Å². The third kappa shape index (κ3) is 4.05. The molecule has 1 rings (SSSR count). The van der Waals surface area contributed by atoms with Gasteiger partial charge < -0.3 is 5.32 Å². The average molecular weight is 211 g/mol. The smallest absolute Gasteiger partial charge is 0.227 e. The number of carbonyl (C=O) groups is 1. The molecule has 0 aliphatic rings. The van der Waals surface area contributed by atoms with Crippen molar-refractivity contribution in [2.45, 2.75) is 45.6 Å². The first-order valence-corrected chi connectivity index (χ1v) is 5.28. The summed E-state index contributed by atoms with van der Waals surface area (Å²) >= 11 is 0. The summed E-state index contributed by atoms with van der Waals surface area (Å²) in [7, 11) is 0. The largest absolute Gasteiger partial charge is 0.353 e. The first kappa shape index (κ1) is 11.6. The average Bonchev–Trinajstić information content (AvgIpc) is 2.69. The summed E-state index contributed by atoms with van der Waals surface area (Å²) in [6.07, 6.45) is 3.25. The van der Waals surface area contributed by atoms with E-state index in [4.69, 9.17) is 0 Å². The molecule has 0 aromatic carbocycles. The molecular formula is C9H17N5O. The van der Waals surface area contributed by atoms with Crippen LogP contribution in [0.15, 0.2) is 0 Å². The van der Waals surface area contributed by atoms with Crippen molar-refractivity contribution in [2.75, 3.05) is 0 Å². The lowest BCUT2D eigenvalue weighted by atomic mass is 10.1. The van der Waals surface area contributed by atoms with E-state index >= 15 is 0 Å². The van der Waals surface area contributed by atoms with Crippen LogP contribution in [-0.4, -0.2) is 32.6 Å². The third-order valence-electron chi connectivity index (χ3n) is 2.21. The lowest BCUT2D eigenvalue weighted by Gasteiger charge is -2.15. The van der Waals surface area contributed by atoms with Crippen molar-refractivity contribution >= 4 is 5.91 Å².